The molecule has 0 radical (unpaired) electrons. The van der Waals surface area contributed by atoms with Gasteiger partial charge in [0.25, 0.3) is 15.9 Å². The number of carbonyl (C=O) groups is 1. The van der Waals surface area contributed by atoms with Gasteiger partial charge in [-0.05, 0) is 43.9 Å². The van der Waals surface area contributed by atoms with E-state index in [4.69, 9.17) is 0 Å². The second-order valence-corrected chi connectivity index (χ2v) is 12.2. The zero-order valence-electron chi connectivity index (χ0n) is 17.9. The van der Waals surface area contributed by atoms with Crippen LogP contribution in [0.2, 0.25) is 0 Å². The molecule has 2 fully saturated rings. The van der Waals surface area contributed by atoms with Crippen molar-refractivity contribution in [1.29, 1.82) is 0 Å². The van der Waals surface area contributed by atoms with Crippen molar-refractivity contribution in [3.63, 3.8) is 0 Å². The number of rotatable bonds is 5. The molecule has 0 spiro atoms. The Morgan fingerprint density at radius 3 is 2.58 bits per heavy atom. The molecule has 178 valence electrons. The fourth-order valence-electron chi connectivity index (χ4n) is 4.79. The molecule has 0 aromatic heterocycles. The number of hydrazine groups is 1. The number of aliphatic hydroxyl groups is 1. The largest absolute Gasteiger partial charge is 0.511 e. The summed E-state index contributed by atoms with van der Waals surface area (Å²) >= 11 is 0. The normalized spacial score (nSPS) is 26.8. The lowest BCUT2D eigenvalue weighted by molar-refractivity contribution is -0.137. The summed E-state index contributed by atoms with van der Waals surface area (Å²) in [7, 11) is -7.87. The first-order valence-corrected chi connectivity index (χ1v) is 14.1. The van der Waals surface area contributed by atoms with E-state index >= 15 is 0 Å². The molecule has 1 aromatic rings. The number of benzene rings is 1. The predicted molar refractivity (Wildman–Crippen MR) is 122 cm³/mol. The average molecular weight is 496 g/mol. The van der Waals surface area contributed by atoms with Crippen LogP contribution in [0.25, 0.3) is 0 Å². The molecule has 33 heavy (non-hydrogen) atoms. The summed E-state index contributed by atoms with van der Waals surface area (Å²) in [6, 6.07) is 3.96. The second-order valence-electron chi connectivity index (χ2n) is 8.92. The Balaban J connectivity index is 1.53. The topological polar surface area (TPSA) is 157 Å². The molecule has 0 bridgehead atoms. The van der Waals surface area contributed by atoms with Crippen LogP contribution in [0.15, 0.2) is 38.8 Å². The first-order chi connectivity index (χ1) is 15.5. The highest BCUT2D eigenvalue weighted by molar-refractivity contribution is 7.92. The van der Waals surface area contributed by atoms with E-state index < -0.39 is 26.0 Å². The van der Waals surface area contributed by atoms with Gasteiger partial charge in [0.15, 0.2) is 5.84 Å². The second kappa shape index (κ2) is 7.71. The minimum Gasteiger partial charge on any atom is -0.511 e. The summed E-state index contributed by atoms with van der Waals surface area (Å²) in [6.07, 6.45) is 6.24. The molecule has 2 aliphatic carbocycles. The van der Waals surface area contributed by atoms with Crippen molar-refractivity contribution >= 4 is 43.2 Å². The van der Waals surface area contributed by atoms with Crippen LogP contribution in [0.5, 0.6) is 0 Å². The number of nitrogens with zero attached hydrogens (tertiary/aromatic N) is 2. The minimum absolute atomic E-state index is 0.0701. The maximum absolute atomic E-state index is 13.4. The molecule has 2 saturated carbocycles. The molecule has 5 rings (SSSR count). The molecule has 11 nitrogen and oxygen atoms in total. The number of sulfonamides is 2. The highest BCUT2D eigenvalue weighted by Crippen LogP contribution is 2.41. The van der Waals surface area contributed by atoms with E-state index in [1.807, 2.05) is 0 Å². The Bertz CT molecular complexity index is 1300. The van der Waals surface area contributed by atoms with Crippen molar-refractivity contribution in [3.05, 3.63) is 29.5 Å². The van der Waals surface area contributed by atoms with Crippen molar-refractivity contribution in [2.24, 2.45) is 10.3 Å². The van der Waals surface area contributed by atoms with Gasteiger partial charge < -0.3 is 10.4 Å². The Morgan fingerprint density at radius 1 is 1.18 bits per heavy atom. The quantitative estimate of drug-likeness (QED) is 0.478. The standard InChI is InChI=1S/C20H25N5O6S2/c1-32(28,29)23-12-8-9-14-16(10-12)33(30,31)24-19(21-14)17-18(26)13-6-3-7-15(13)25(20(17)27)22-11-4-2-5-11/h8-11,13,15,22-23,26H,2-7H2,1H3,(H,21,24)/t13-,15+/m1/s1. The minimum atomic E-state index is -4.27. The first-order valence-electron chi connectivity index (χ1n) is 10.8. The third kappa shape index (κ3) is 3.97. The van der Waals surface area contributed by atoms with Crippen LogP contribution in [-0.2, 0) is 24.8 Å². The van der Waals surface area contributed by atoms with Gasteiger partial charge in [-0.3, -0.25) is 14.5 Å². The van der Waals surface area contributed by atoms with Gasteiger partial charge in [0.1, 0.15) is 16.2 Å². The molecule has 13 heteroatoms. The number of hydrogen-bond acceptors (Lipinski definition) is 8. The van der Waals surface area contributed by atoms with Gasteiger partial charge in [-0.2, -0.15) is 8.42 Å². The summed E-state index contributed by atoms with van der Waals surface area (Å²) in [5.41, 5.74) is 3.33. The van der Waals surface area contributed by atoms with Crippen LogP contribution >= 0.6 is 0 Å². The molecular weight excluding hydrogens is 470 g/mol. The van der Waals surface area contributed by atoms with E-state index in [0.29, 0.717) is 6.42 Å². The number of amides is 1. The van der Waals surface area contributed by atoms with Gasteiger partial charge in [0.2, 0.25) is 10.0 Å². The molecule has 2 heterocycles. The smallest absolute Gasteiger partial charge is 0.286 e. The molecule has 2 aliphatic heterocycles. The van der Waals surface area contributed by atoms with Crippen molar-refractivity contribution < 1.29 is 26.7 Å². The zero-order chi connectivity index (χ0) is 23.5. The number of fused-ring (bicyclic) bond motifs is 2. The SMILES string of the molecule is CS(=O)(=O)Nc1ccc2c(c1)S(=O)(=O)N=C(C1=C(O)[C@@H]3CCC[C@@H]3N(NC3CCC3)C1=O)N2. The summed E-state index contributed by atoms with van der Waals surface area (Å²) in [4.78, 5) is 13.2. The van der Waals surface area contributed by atoms with Crippen LogP contribution in [0.4, 0.5) is 11.4 Å². The van der Waals surface area contributed by atoms with E-state index in [2.05, 4.69) is 19.9 Å². The third-order valence-corrected chi connectivity index (χ3v) is 8.47. The van der Waals surface area contributed by atoms with E-state index in [1.165, 1.54) is 12.1 Å². The van der Waals surface area contributed by atoms with Crippen LogP contribution in [0.3, 0.4) is 0 Å². The lowest BCUT2D eigenvalue weighted by Gasteiger charge is -2.42. The number of hydrogen-bond donors (Lipinski definition) is 4. The molecule has 0 unspecified atom stereocenters. The fourth-order valence-corrected chi connectivity index (χ4v) is 6.49. The van der Waals surface area contributed by atoms with Gasteiger partial charge in [0, 0.05) is 17.6 Å². The van der Waals surface area contributed by atoms with E-state index in [-0.39, 0.29) is 51.4 Å². The highest BCUT2D eigenvalue weighted by Gasteiger charge is 2.47. The van der Waals surface area contributed by atoms with E-state index in [0.717, 1.165) is 44.4 Å². The van der Waals surface area contributed by atoms with Gasteiger partial charge >= 0.3 is 0 Å². The lowest BCUT2D eigenvalue weighted by Crippen LogP contribution is -2.59. The van der Waals surface area contributed by atoms with Crippen molar-refractivity contribution in [2.45, 2.75) is 55.5 Å². The first kappa shape index (κ1) is 22.2. The van der Waals surface area contributed by atoms with Crippen molar-refractivity contribution in [1.82, 2.24) is 10.4 Å². The van der Waals surface area contributed by atoms with Crippen molar-refractivity contribution in [3.8, 4) is 0 Å². The maximum Gasteiger partial charge on any atom is 0.286 e. The molecule has 2 atom stereocenters. The monoisotopic (exact) mass is 495 g/mol. The number of nitrogens with one attached hydrogen (secondary N) is 3. The third-order valence-electron chi connectivity index (χ3n) is 6.54. The molecular formula is C20H25N5O6S2. The predicted octanol–water partition coefficient (Wildman–Crippen LogP) is 1.45. The van der Waals surface area contributed by atoms with Crippen LogP contribution < -0.4 is 15.5 Å². The molecule has 1 amide bonds. The van der Waals surface area contributed by atoms with Gasteiger partial charge in [0.05, 0.1) is 18.0 Å². The Kier molecular flexibility index (Phi) is 5.18. The zero-order valence-corrected chi connectivity index (χ0v) is 19.5. The number of anilines is 2. The molecule has 4 N–H and O–H groups in total. The number of amidine groups is 1. The Hall–Kier alpha value is -2.64. The Labute approximate surface area is 192 Å². The number of carbonyl (C=O) groups excluding carboxylic acids is 1. The maximum atomic E-state index is 13.4. The van der Waals surface area contributed by atoms with Gasteiger partial charge in [-0.15, -0.1) is 4.40 Å². The highest BCUT2D eigenvalue weighted by atomic mass is 32.2. The van der Waals surface area contributed by atoms with Crippen LogP contribution in [-0.4, -0.2) is 57.0 Å². The summed E-state index contributed by atoms with van der Waals surface area (Å²) < 4.78 is 54.9. The molecule has 4 aliphatic rings. The Morgan fingerprint density at radius 2 is 1.91 bits per heavy atom. The van der Waals surface area contributed by atoms with Gasteiger partial charge in [-0.1, -0.05) is 12.8 Å². The molecule has 1 aromatic carbocycles. The fraction of sp³-hybridized carbons (Fsp3) is 0.500. The van der Waals surface area contributed by atoms with Crippen LogP contribution in [0, 0.1) is 5.92 Å². The lowest BCUT2D eigenvalue weighted by atomic mass is 9.90. The summed E-state index contributed by atoms with van der Waals surface area (Å²) in [5, 5.41) is 15.4. The van der Waals surface area contributed by atoms with Crippen LogP contribution in [0.1, 0.15) is 38.5 Å². The van der Waals surface area contributed by atoms with E-state index in [1.54, 1.807) is 5.01 Å². The number of aliphatic hydroxyl groups excluding tert-OH is 1. The van der Waals surface area contributed by atoms with E-state index in [9.17, 15) is 26.7 Å². The van der Waals surface area contributed by atoms with Gasteiger partial charge in [-0.25, -0.2) is 13.8 Å². The summed E-state index contributed by atoms with van der Waals surface area (Å²) in [6.45, 7) is 0. The summed E-state index contributed by atoms with van der Waals surface area (Å²) in [5.74, 6) is -1.18. The average Bonchev–Trinajstić information content (AvgIpc) is 3.15. The molecule has 0 saturated heterocycles. The van der Waals surface area contributed by atoms with Crippen molar-refractivity contribution in [2.75, 3.05) is 16.3 Å².